The fourth-order valence-corrected chi connectivity index (χ4v) is 7.68. The number of halogens is 16. The molecule has 364 valence electrons. The summed E-state index contributed by atoms with van der Waals surface area (Å²) in [6.45, 7) is 6.97. The van der Waals surface area contributed by atoms with E-state index in [0.29, 0.717) is 16.1 Å². The third-order valence-electron chi connectivity index (χ3n) is 10.3. The molecule has 7 nitrogen and oxygen atoms in total. The molecule has 4 aromatic carbocycles. The van der Waals surface area contributed by atoms with Crippen molar-refractivity contribution in [3.63, 3.8) is 0 Å². The van der Waals surface area contributed by atoms with Crippen molar-refractivity contribution in [3.05, 3.63) is 139 Å². The van der Waals surface area contributed by atoms with E-state index in [1.165, 1.54) is 11.1 Å². The maximum absolute atomic E-state index is 12.8. The molecule has 0 aromatic heterocycles. The summed E-state index contributed by atoms with van der Waals surface area (Å²) in [6.07, 6.45) is -32.9. The number of rotatable bonds is 7. The van der Waals surface area contributed by atoms with Crippen molar-refractivity contribution < 1.29 is 67.3 Å². The zero-order chi connectivity index (χ0) is 49.4. The highest BCUT2D eigenvalue weighted by atomic mass is 35.5. The van der Waals surface area contributed by atoms with Crippen molar-refractivity contribution in [1.82, 2.24) is 20.0 Å². The van der Waals surface area contributed by atoms with Crippen LogP contribution in [0.1, 0.15) is 48.2 Å². The maximum atomic E-state index is 12.8. The van der Waals surface area contributed by atoms with E-state index < -0.39 is 49.0 Å². The summed E-state index contributed by atoms with van der Waals surface area (Å²) in [7, 11) is 0. The van der Waals surface area contributed by atoms with Crippen LogP contribution in [0.4, 0.5) is 57.5 Å². The maximum Gasteiger partial charge on any atom is 0.434 e. The molecule has 0 aliphatic carbocycles. The predicted molar refractivity (Wildman–Crippen MR) is 227 cm³/mol. The Morgan fingerprint density at radius 2 is 0.894 bits per heavy atom. The molecule has 2 aliphatic heterocycles. The Hall–Kier alpha value is -3.69. The molecule has 2 aliphatic rings. The van der Waals surface area contributed by atoms with Crippen LogP contribution < -0.4 is 5.32 Å². The van der Waals surface area contributed by atoms with Gasteiger partial charge in [0, 0.05) is 71.4 Å². The fourth-order valence-electron chi connectivity index (χ4n) is 7.17. The normalized spacial score (nSPS) is 18.0. The predicted octanol–water partition coefficient (Wildman–Crippen LogP) is 12.6. The second-order valence-corrected chi connectivity index (χ2v) is 16.9. The van der Waals surface area contributed by atoms with Gasteiger partial charge in [0.1, 0.15) is 0 Å². The number of piperazine rings is 2. The number of benzene rings is 4. The Balaban J connectivity index is 0.000000253. The van der Waals surface area contributed by atoms with Crippen LogP contribution in [-0.2, 0) is 4.74 Å². The van der Waals surface area contributed by atoms with Gasteiger partial charge in [0.25, 0.3) is 6.10 Å². The van der Waals surface area contributed by atoms with Crippen LogP contribution in [0.25, 0.3) is 0 Å². The van der Waals surface area contributed by atoms with Crippen molar-refractivity contribution >= 4 is 52.5 Å². The highest BCUT2D eigenvalue weighted by molar-refractivity contribution is 6.31. The largest absolute Gasteiger partial charge is 0.434 e. The second kappa shape index (κ2) is 23.1. The van der Waals surface area contributed by atoms with Gasteiger partial charge in [0.05, 0.1) is 12.1 Å². The molecular formula is C43H42Cl4F12N4O3. The van der Waals surface area contributed by atoms with Crippen molar-refractivity contribution in [2.75, 3.05) is 39.3 Å². The molecule has 2 fully saturated rings. The average molecular weight is 1030 g/mol. The monoisotopic (exact) mass is 1030 g/mol. The van der Waals surface area contributed by atoms with Crippen LogP contribution in [0.15, 0.2) is 97.1 Å². The summed E-state index contributed by atoms with van der Waals surface area (Å²) in [5.74, 6) is 0. The molecule has 2 unspecified atom stereocenters. The van der Waals surface area contributed by atoms with E-state index in [1.54, 1.807) is 31.2 Å². The van der Waals surface area contributed by atoms with Gasteiger partial charge in [-0.3, -0.25) is 9.80 Å². The quantitative estimate of drug-likeness (QED) is 0.180. The lowest BCUT2D eigenvalue weighted by Crippen LogP contribution is -2.56. The van der Waals surface area contributed by atoms with Crippen molar-refractivity contribution in [3.8, 4) is 0 Å². The van der Waals surface area contributed by atoms with Crippen LogP contribution >= 0.6 is 46.4 Å². The minimum atomic E-state index is -5.77. The van der Waals surface area contributed by atoms with Gasteiger partial charge < -0.3 is 20.1 Å². The number of nitrogens with zero attached hydrogens (tertiary/aromatic N) is 3. The smallest absolute Gasteiger partial charge is 0.426 e. The minimum Gasteiger partial charge on any atom is -0.426 e. The Kier molecular flexibility index (Phi) is 19.2. The Bertz CT molecular complexity index is 2010. The molecule has 23 heteroatoms. The zero-order valence-electron chi connectivity index (χ0n) is 34.6. The summed E-state index contributed by atoms with van der Waals surface area (Å²) in [4.78, 5) is 17.6. The number of nitrogens with one attached hydrogen (secondary N) is 1. The minimum absolute atomic E-state index is 0.122. The third-order valence-corrected chi connectivity index (χ3v) is 11.3. The van der Waals surface area contributed by atoms with Gasteiger partial charge in [-0.1, -0.05) is 94.9 Å². The first-order valence-corrected chi connectivity index (χ1v) is 21.2. The number of carbonyl (C=O) groups excluding carboxylic acids is 1. The molecule has 2 N–H and O–H groups in total. The van der Waals surface area contributed by atoms with E-state index >= 15 is 0 Å². The molecule has 66 heavy (non-hydrogen) atoms. The topological polar surface area (TPSA) is 68.3 Å². The first-order chi connectivity index (χ1) is 30.6. The van der Waals surface area contributed by atoms with Crippen LogP contribution in [0.3, 0.4) is 0 Å². The molecule has 6 rings (SSSR count). The molecule has 0 bridgehead atoms. The van der Waals surface area contributed by atoms with Gasteiger partial charge in [-0.25, -0.2) is 4.79 Å². The molecule has 2 heterocycles. The van der Waals surface area contributed by atoms with Crippen LogP contribution in [-0.4, -0.2) is 114 Å². The number of aliphatic hydroxyl groups is 1. The molecule has 2 atom stereocenters. The lowest BCUT2D eigenvalue weighted by atomic mass is 9.95. The number of aliphatic hydroxyl groups excluding tert-OH is 1. The van der Waals surface area contributed by atoms with Crippen LogP contribution in [0.5, 0.6) is 0 Å². The van der Waals surface area contributed by atoms with Crippen LogP contribution in [0, 0.1) is 0 Å². The number of carbonyl (C=O) groups is 1. The molecular weight excluding hydrogens is 990 g/mol. The van der Waals surface area contributed by atoms with Gasteiger partial charge >= 0.3 is 30.8 Å². The van der Waals surface area contributed by atoms with Gasteiger partial charge in [0.2, 0.25) is 6.10 Å². The second-order valence-electron chi connectivity index (χ2n) is 15.2. The molecule has 2 saturated heterocycles. The summed E-state index contributed by atoms with van der Waals surface area (Å²) in [6, 6.07) is 30.5. The van der Waals surface area contributed by atoms with Crippen molar-refractivity contribution in [2.45, 2.75) is 74.9 Å². The first-order valence-electron chi connectivity index (χ1n) is 19.7. The Morgan fingerprint density at radius 1 is 0.561 bits per heavy atom. The summed E-state index contributed by atoms with van der Waals surface area (Å²) >= 11 is 24.1. The number of amides is 1. The molecule has 1 amide bonds. The standard InChI is InChI=1S/C22H20Cl2F6N2O2.C18H20Cl2N2.C3H2F6O/c1-13-12-31(20(33)34-19(21(25,26)27)22(28,29)30)10-11-32(13)18(14-2-6-16(23)7-3-14)15-4-8-17(24)9-5-15;1-13-12-21-10-11-22(13)18(14-2-6-16(19)7-3-14)15-4-8-17(20)9-5-15;4-2(5,6)1(10)3(7,8)9/h2-9,13,18-19H,10-12H2,1H3;2-9,13,18,21H,10-12H2,1H3;1,10H. The molecule has 0 spiro atoms. The SMILES string of the molecule is CC1CN(C(=O)OC(C(F)(F)F)C(F)(F)F)CCN1C(c1ccc(Cl)cc1)c1ccc(Cl)cc1.CC1CNCCN1C(c1ccc(Cl)cc1)c1ccc(Cl)cc1.OC(C(F)(F)F)C(F)(F)F. The highest BCUT2D eigenvalue weighted by Crippen LogP contribution is 2.38. The molecule has 4 aromatic rings. The van der Waals surface area contributed by atoms with Crippen molar-refractivity contribution in [2.24, 2.45) is 0 Å². The van der Waals surface area contributed by atoms with E-state index in [2.05, 4.69) is 46.1 Å². The molecule has 0 saturated carbocycles. The van der Waals surface area contributed by atoms with E-state index in [4.69, 9.17) is 51.5 Å². The fraction of sp³-hybridized carbons (Fsp3) is 0.419. The average Bonchev–Trinajstić information content (AvgIpc) is 3.22. The van der Waals surface area contributed by atoms with Crippen molar-refractivity contribution in [1.29, 1.82) is 0 Å². The van der Waals surface area contributed by atoms with Gasteiger partial charge in [-0.15, -0.1) is 0 Å². The number of hydrogen-bond donors (Lipinski definition) is 2. The van der Waals surface area contributed by atoms with Crippen LogP contribution in [0.2, 0.25) is 20.1 Å². The summed E-state index contributed by atoms with van der Waals surface area (Å²) in [5, 5.41) is 13.5. The number of alkyl halides is 12. The van der Waals surface area contributed by atoms with E-state index in [1.807, 2.05) is 53.4 Å². The number of ether oxygens (including phenoxy) is 1. The number of hydrogen-bond acceptors (Lipinski definition) is 6. The lowest BCUT2D eigenvalue weighted by Gasteiger charge is -2.44. The summed E-state index contributed by atoms with van der Waals surface area (Å²) in [5.41, 5.74) is 4.26. The summed E-state index contributed by atoms with van der Waals surface area (Å²) < 4.78 is 146. The third kappa shape index (κ3) is 15.7. The first kappa shape index (κ1) is 54.9. The van der Waals surface area contributed by atoms with E-state index in [-0.39, 0.29) is 31.7 Å². The Labute approximate surface area is 392 Å². The van der Waals surface area contributed by atoms with E-state index in [9.17, 15) is 57.5 Å². The highest BCUT2D eigenvalue weighted by Gasteiger charge is 2.60. The van der Waals surface area contributed by atoms with Gasteiger partial charge in [-0.05, 0) is 84.6 Å². The molecule has 0 radical (unpaired) electrons. The zero-order valence-corrected chi connectivity index (χ0v) is 37.6. The lowest BCUT2D eigenvalue weighted by molar-refractivity contribution is -0.309. The van der Waals surface area contributed by atoms with Gasteiger partial charge in [-0.2, -0.15) is 52.7 Å². The van der Waals surface area contributed by atoms with E-state index in [0.717, 1.165) is 45.7 Å². The van der Waals surface area contributed by atoms with Gasteiger partial charge in [0.15, 0.2) is 0 Å². The Morgan fingerprint density at radius 3 is 1.17 bits per heavy atom.